The highest BCUT2D eigenvalue weighted by Gasteiger charge is 2.62. The Kier molecular flexibility index (Phi) is 5.67. The van der Waals surface area contributed by atoms with E-state index in [4.69, 9.17) is 24.3 Å². The predicted octanol–water partition coefficient (Wildman–Crippen LogP) is 3.20. The average molecular weight is 469 g/mol. The van der Waals surface area contributed by atoms with Gasteiger partial charge < -0.3 is 20.1 Å². The molecule has 3 N–H and O–H groups in total. The summed E-state index contributed by atoms with van der Waals surface area (Å²) in [5.74, 6) is 0.256. The Morgan fingerprint density at radius 3 is 2.66 bits per heavy atom. The zero-order chi connectivity index (χ0) is 23.5. The van der Waals surface area contributed by atoms with E-state index in [9.17, 15) is 9.46 Å². The van der Waals surface area contributed by atoms with Crippen LogP contribution in [0, 0.1) is 5.41 Å². The van der Waals surface area contributed by atoms with Crippen LogP contribution >= 0.6 is 7.82 Å². The third-order valence-corrected chi connectivity index (χ3v) is 6.69. The summed E-state index contributed by atoms with van der Waals surface area (Å²) in [7, 11) is -4.42. The molecular weight excluding hydrogens is 437 g/mol. The summed E-state index contributed by atoms with van der Waals surface area (Å²) in [6, 6.07) is 0. The van der Waals surface area contributed by atoms with Gasteiger partial charge in [-0.2, -0.15) is 0 Å². The van der Waals surface area contributed by atoms with Gasteiger partial charge in [0.2, 0.25) is 0 Å². The van der Waals surface area contributed by atoms with Crippen LogP contribution in [0.15, 0.2) is 12.7 Å². The molecule has 2 saturated heterocycles. The van der Waals surface area contributed by atoms with E-state index in [0.29, 0.717) is 30.6 Å². The Morgan fingerprint density at radius 2 is 2.00 bits per heavy atom. The van der Waals surface area contributed by atoms with Crippen LogP contribution in [0.2, 0.25) is 0 Å². The van der Waals surface area contributed by atoms with Crippen molar-refractivity contribution in [1.82, 2.24) is 19.5 Å². The fraction of sp³-hybridized carbons (Fsp3) is 0.750. The van der Waals surface area contributed by atoms with Gasteiger partial charge in [-0.15, -0.1) is 0 Å². The SMILES string of the molecule is CC(C)(C)C[C@]12CCOC(C1OP(=O)(O)OC(C)(C)C)[C@H](n1cnc3c(N)ncnc31)O2. The Balaban J connectivity index is 1.75. The van der Waals surface area contributed by atoms with Crippen molar-refractivity contribution >= 4 is 24.8 Å². The van der Waals surface area contributed by atoms with Gasteiger partial charge in [0.05, 0.1) is 18.5 Å². The first-order valence-corrected chi connectivity index (χ1v) is 12.1. The van der Waals surface area contributed by atoms with E-state index in [1.165, 1.54) is 6.33 Å². The van der Waals surface area contributed by atoms with Crippen molar-refractivity contribution in [2.75, 3.05) is 12.3 Å². The number of fused-ring (bicyclic) bond motifs is 3. The fourth-order valence-electron chi connectivity index (χ4n) is 4.63. The molecule has 2 fully saturated rings. The number of nitrogen functional groups attached to an aromatic ring is 1. The van der Waals surface area contributed by atoms with Gasteiger partial charge in [-0.05, 0) is 32.6 Å². The highest BCUT2D eigenvalue weighted by atomic mass is 31.2. The zero-order valence-corrected chi connectivity index (χ0v) is 20.2. The Hall–Kier alpha value is -1.62. The predicted molar refractivity (Wildman–Crippen MR) is 117 cm³/mol. The van der Waals surface area contributed by atoms with Crippen LogP contribution in [0.5, 0.6) is 0 Å². The number of phosphoric acid groups is 1. The number of hydrogen-bond acceptors (Lipinski definition) is 9. The summed E-state index contributed by atoms with van der Waals surface area (Å²) in [6.45, 7) is 11.8. The molecule has 12 heteroatoms. The van der Waals surface area contributed by atoms with E-state index in [1.807, 2.05) is 0 Å². The molecule has 0 aromatic carbocycles. The molecule has 0 saturated carbocycles. The van der Waals surface area contributed by atoms with Crippen molar-refractivity contribution in [3.05, 3.63) is 12.7 Å². The van der Waals surface area contributed by atoms with E-state index in [1.54, 1.807) is 31.7 Å². The van der Waals surface area contributed by atoms with Crippen LogP contribution < -0.4 is 5.73 Å². The molecule has 2 bridgehead atoms. The smallest absolute Gasteiger partial charge is 0.382 e. The number of rotatable bonds is 5. The molecular formula is C20H32N5O6P. The third kappa shape index (κ3) is 4.55. The molecule has 0 aliphatic carbocycles. The van der Waals surface area contributed by atoms with Gasteiger partial charge in [-0.1, -0.05) is 20.8 Å². The van der Waals surface area contributed by atoms with Crippen molar-refractivity contribution in [3.8, 4) is 0 Å². The number of anilines is 1. The standard InChI is InChI=1S/C20H32N5O6P/c1-18(2,3)9-20-7-8-28-13(14(20)30-32(26,27)31-19(4,5)6)17(29-20)25-11-24-12-15(21)22-10-23-16(12)25/h10-11,13-14,17H,7-9H2,1-6H3,(H,26,27)(H2,21,22,23)/t13?,14?,17-,20-/m1/s1. The Morgan fingerprint density at radius 1 is 1.28 bits per heavy atom. The minimum absolute atomic E-state index is 0.147. The highest BCUT2D eigenvalue weighted by Crippen LogP contribution is 2.58. The molecule has 0 amide bonds. The second-order valence-electron chi connectivity index (χ2n) is 10.7. The van der Waals surface area contributed by atoms with Crippen molar-refractivity contribution in [2.24, 2.45) is 5.41 Å². The molecule has 0 spiro atoms. The van der Waals surface area contributed by atoms with Gasteiger partial charge in [-0.25, -0.2) is 19.5 Å². The van der Waals surface area contributed by atoms with Crippen molar-refractivity contribution in [3.63, 3.8) is 0 Å². The summed E-state index contributed by atoms with van der Waals surface area (Å²) in [5, 5.41) is 0. The zero-order valence-electron chi connectivity index (χ0n) is 19.3. The van der Waals surface area contributed by atoms with Crippen molar-refractivity contribution in [1.29, 1.82) is 0 Å². The molecule has 2 aliphatic heterocycles. The second-order valence-corrected chi connectivity index (χ2v) is 12.0. The molecule has 11 nitrogen and oxygen atoms in total. The maximum absolute atomic E-state index is 12.9. The lowest BCUT2D eigenvalue weighted by Crippen LogP contribution is -2.51. The number of nitrogens with zero attached hydrogens (tertiary/aromatic N) is 4. The van der Waals surface area contributed by atoms with Crippen LogP contribution in [-0.4, -0.2) is 54.4 Å². The first-order chi connectivity index (χ1) is 14.7. The lowest BCUT2D eigenvalue weighted by molar-refractivity contribution is -0.137. The Bertz CT molecular complexity index is 1050. The number of phosphoric ester groups is 1. The van der Waals surface area contributed by atoms with E-state index in [2.05, 4.69) is 35.7 Å². The van der Waals surface area contributed by atoms with Crippen LogP contribution in [0.25, 0.3) is 11.2 Å². The first kappa shape index (κ1) is 23.5. The second kappa shape index (κ2) is 7.72. The largest absolute Gasteiger partial charge is 0.473 e. The molecule has 2 aromatic heterocycles. The van der Waals surface area contributed by atoms with E-state index < -0.39 is 37.5 Å². The van der Waals surface area contributed by atoms with Gasteiger partial charge in [0, 0.05) is 6.42 Å². The number of aromatic nitrogens is 4. The summed E-state index contributed by atoms with van der Waals surface area (Å²) >= 11 is 0. The first-order valence-electron chi connectivity index (χ1n) is 10.6. The third-order valence-electron chi connectivity index (χ3n) is 5.42. The summed E-state index contributed by atoms with van der Waals surface area (Å²) in [5.41, 5.74) is 5.00. The average Bonchev–Trinajstić information content (AvgIpc) is 3.07. The van der Waals surface area contributed by atoms with Crippen LogP contribution in [0.3, 0.4) is 0 Å². The topological polar surface area (TPSA) is 144 Å². The minimum Gasteiger partial charge on any atom is -0.382 e. The molecule has 32 heavy (non-hydrogen) atoms. The summed E-state index contributed by atoms with van der Waals surface area (Å²) in [6.07, 6.45) is 1.81. The molecule has 4 rings (SSSR count). The number of hydrogen-bond donors (Lipinski definition) is 2. The molecule has 0 radical (unpaired) electrons. The van der Waals surface area contributed by atoms with Crippen molar-refractivity contribution < 1.29 is 28.0 Å². The molecule has 5 atom stereocenters. The van der Waals surface area contributed by atoms with Gasteiger partial charge in [-0.3, -0.25) is 13.6 Å². The normalized spacial score (nSPS) is 30.5. The minimum atomic E-state index is -4.42. The monoisotopic (exact) mass is 469 g/mol. The van der Waals surface area contributed by atoms with Gasteiger partial charge in [0.1, 0.15) is 29.7 Å². The number of imidazole rings is 1. The molecule has 3 unspecified atom stereocenters. The maximum atomic E-state index is 12.9. The number of nitrogens with two attached hydrogens (primary N) is 1. The maximum Gasteiger partial charge on any atom is 0.473 e. The molecule has 2 aromatic rings. The number of ether oxygens (including phenoxy) is 2. The molecule has 2 aliphatic rings. The summed E-state index contributed by atoms with van der Waals surface area (Å²) in [4.78, 5) is 23.2. The van der Waals surface area contributed by atoms with Crippen LogP contribution in [-0.2, 0) is 23.1 Å². The molecule has 4 heterocycles. The Labute approximate surface area is 187 Å². The highest BCUT2D eigenvalue weighted by molar-refractivity contribution is 7.47. The lowest BCUT2D eigenvalue weighted by Gasteiger charge is -2.42. The van der Waals surface area contributed by atoms with E-state index in [-0.39, 0.29) is 11.2 Å². The quantitative estimate of drug-likeness (QED) is 0.626. The molecule has 178 valence electrons. The van der Waals surface area contributed by atoms with Gasteiger partial charge in [0.25, 0.3) is 0 Å². The van der Waals surface area contributed by atoms with E-state index in [0.717, 1.165) is 0 Å². The lowest BCUT2D eigenvalue weighted by atomic mass is 9.76. The van der Waals surface area contributed by atoms with Crippen LogP contribution in [0.4, 0.5) is 5.82 Å². The van der Waals surface area contributed by atoms with Gasteiger partial charge >= 0.3 is 7.82 Å². The van der Waals surface area contributed by atoms with Crippen LogP contribution in [0.1, 0.15) is 60.6 Å². The van der Waals surface area contributed by atoms with Gasteiger partial charge in [0.15, 0.2) is 17.7 Å². The fourth-order valence-corrected chi connectivity index (χ4v) is 5.96. The van der Waals surface area contributed by atoms with E-state index >= 15 is 0 Å². The van der Waals surface area contributed by atoms with Crippen molar-refractivity contribution in [2.45, 2.75) is 84.0 Å². The summed E-state index contributed by atoms with van der Waals surface area (Å²) < 4.78 is 38.5.